The van der Waals surface area contributed by atoms with Crippen LogP contribution in [-0.2, 0) is 4.79 Å². The van der Waals surface area contributed by atoms with Gasteiger partial charge in [-0.25, -0.2) is 0 Å². The summed E-state index contributed by atoms with van der Waals surface area (Å²) in [5, 5.41) is 3.15. The van der Waals surface area contributed by atoms with Gasteiger partial charge in [0, 0.05) is 6.04 Å². The minimum Gasteiger partial charge on any atom is -0.352 e. The predicted molar refractivity (Wildman–Crippen MR) is 70.8 cm³/mol. The van der Waals surface area contributed by atoms with Crippen LogP contribution in [0.3, 0.4) is 0 Å². The highest BCUT2D eigenvalue weighted by atomic mass is 16.2. The van der Waals surface area contributed by atoms with Gasteiger partial charge in [-0.05, 0) is 38.9 Å². The lowest BCUT2D eigenvalue weighted by atomic mass is 9.95. The first-order chi connectivity index (χ1) is 8.26. The van der Waals surface area contributed by atoms with Gasteiger partial charge in [-0.2, -0.15) is 0 Å². The van der Waals surface area contributed by atoms with E-state index in [0.717, 1.165) is 32.4 Å². The highest BCUT2D eigenvalue weighted by molar-refractivity contribution is 5.78. The molecule has 17 heavy (non-hydrogen) atoms. The van der Waals surface area contributed by atoms with E-state index in [1.54, 1.807) is 0 Å². The minimum absolute atomic E-state index is 0.177. The van der Waals surface area contributed by atoms with Crippen molar-refractivity contribution >= 4 is 5.91 Å². The van der Waals surface area contributed by atoms with E-state index in [4.69, 9.17) is 5.73 Å². The summed E-state index contributed by atoms with van der Waals surface area (Å²) < 4.78 is 0. The molecule has 1 amide bonds. The van der Waals surface area contributed by atoms with E-state index in [2.05, 4.69) is 17.1 Å². The Bertz CT molecular complexity index is 215. The number of hydrogen-bond acceptors (Lipinski definition) is 3. The number of nitrogens with two attached hydrogens (primary N) is 1. The van der Waals surface area contributed by atoms with Crippen LogP contribution in [0.5, 0.6) is 0 Å². The molecule has 0 radical (unpaired) electrons. The van der Waals surface area contributed by atoms with Crippen LogP contribution in [0, 0.1) is 0 Å². The molecule has 0 atom stereocenters. The van der Waals surface area contributed by atoms with E-state index < -0.39 is 0 Å². The van der Waals surface area contributed by atoms with Gasteiger partial charge in [0.15, 0.2) is 0 Å². The second-order valence-electron chi connectivity index (χ2n) is 4.91. The molecule has 0 aromatic rings. The lowest BCUT2D eigenvalue weighted by Crippen LogP contribution is -2.43. The third-order valence-corrected chi connectivity index (χ3v) is 3.46. The Morgan fingerprint density at radius 1 is 1.35 bits per heavy atom. The van der Waals surface area contributed by atoms with E-state index in [0.29, 0.717) is 19.1 Å². The summed E-state index contributed by atoms with van der Waals surface area (Å²) in [6.07, 6.45) is 7.11. The fourth-order valence-electron chi connectivity index (χ4n) is 2.39. The summed E-state index contributed by atoms with van der Waals surface area (Å²) in [4.78, 5) is 14.0. The molecule has 4 heteroatoms. The smallest absolute Gasteiger partial charge is 0.234 e. The van der Waals surface area contributed by atoms with Crippen molar-refractivity contribution in [3.8, 4) is 0 Å². The van der Waals surface area contributed by atoms with Crippen molar-refractivity contribution < 1.29 is 4.79 Å². The lowest BCUT2D eigenvalue weighted by molar-refractivity contribution is -0.123. The molecule has 0 unspecified atom stereocenters. The van der Waals surface area contributed by atoms with Gasteiger partial charge in [-0.3, -0.25) is 9.69 Å². The number of hydrogen-bond donors (Lipinski definition) is 2. The summed E-state index contributed by atoms with van der Waals surface area (Å²) in [6, 6.07) is 0.421. The van der Waals surface area contributed by atoms with E-state index in [1.807, 2.05) is 0 Å². The quantitative estimate of drug-likeness (QED) is 0.702. The zero-order valence-corrected chi connectivity index (χ0v) is 11.1. The molecule has 0 aliphatic heterocycles. The first-order valence-electron chi connectivity index (χ1n) is 6.98. The maximum Gasteiger partial charge on any atom is 0.234 e. The van der Waals surface area contributed by atoms with E-state index in [9.17, 15) is 4.79 Å². The minimum atomic E-state index is 0.177. The lowest BCUT2D eigenvalue weighted by Gasteiger charge is -2.25. The van der Waals surface area contributed by atoms with Crippen molar-refractivity contribution in [2.45, 2.75) is 51.5 Å². The fraction of sp³-hybridized carbons (Fsp3) is 0.923. The molecule has 1 fully saturated rings. The van der Waals surface area contributed by atoms with Gasteiger partial charge in [-0.1, -0.05) is 26.2 Å². The molecule has 0 spiro atoms. The Kier molecular flexibility index (Phi) is 7.21. The third kappa shape index (κ3) is 6.03. The van der Waals surface area contributed by atoms with Crippen LogP contribution in [0.1, 0.15) is 45.4 Å². The zero-order chi connectivity index (χ0) is 12.5. The van der Waals surface area contributed by atoms with Gasteiger partial charge >= 0.3 is 0 Å². The number of likely N-dealkylation sites (N-methyl/N-ethyl adjacent to an activating group) is 1. The third-order valence-electron chi connectivity index (χ3n) is 3.46. The first-order valence-corrected chi connectivity index (χ1v) is 6.98. The van der Waals surface area contributed by atoms with Crippen molar-refractivity contribution in [3.05, 3.63) is 0 Å². The molecule has 1 saturated carbocycles. The maximum atomic E-state index is 11.9. The molecule has 1 aliphatic carbocycles. The Labute approximate surface area is 105 Å². The summed E-state index contributed by atoms with van der Waals surface area (Å²) in [5.74, 6) is 0.177. The number of nitrogens with zero attached hydrogens (tertiary/aromatic N) is 1. The monoisotopic (exact) mass is 241 g/mol. The van der Waals surface area contributed by atoms with Gasteiger partial charge in [0.2, 0.25) is 5.91 Å². The van der Waals surface area contributed by atoms with Crippen LogP contribution in [-0.4, -0.2) is 43.0 Å². The highest BCUT2D eigenvalue weighted by Gasteiger charge is 2.16. The Morgan fingerprint density at radius 2 is 2.06 bits per heavy atom. The van der Waals surface area contributed by atoms with Crippen molar-refractivity contribution in [2.75, 3.05) is 26.2 Å². The molecule has 1 aliphatic rings. The molecule has 0 bridgehead atoms. The van der Waals surface area contributed by atoms with E-state index in [-0.39, 0.29) is 5.91 Å². The van der Waals surface area contributed by atoms with Crippen LogP contribution in [0.15, 0.2) is 0 Å². The second-order valence-corrected chi connectivity index (χ2v) is 4.91. The van der Waals surface area contributed by atoms with Crippen molar-refractivity contribution in [1.82, 2.24) is 10.2 Å². The van der Waals surface area contributed by atoms with Crippen molar-refractivity contribution in [3.63, 3.8) is 0 Å². The van der Waals surface area contributed by atoms with Crippen LogP contribution in [0.25, 0.3) is 0 Å². The normalized spacial score (nSPS) is 17.4. The summed E-state index contributed by atoms with van der Waals surface area (Å²) >= 11 is 0. The molecule has 0 saturated heterocycles. The molecular weight excluding hydrogens is 214 g/mol. The van der Waals surface area contributed by atoms with Crippen molar-refractivity contribution in [1.29, 1.82) is 0 Å². The van der Waals surface area contributed by atoms with Gasteiger partial charge in [-0.15, -0.1) is 0 Å². The molecular formula is C13H27N3O. The van der Waals surface area contributed by atoms with Gasteiger partial charge in [0.25, 0.3) is 0 Å². The molecule has 3 N–H and O–H groups in total. The van der Waals surface area contributed by atoms with Gasteiger partial charge in [0.05, 0.1) is 6.54 Å². The Balaban J connectivity index is 2.21. The standard InChI is InChI=1S/C13H27N3O/c1-2-16(10-6-9-14)11-13(17)15-12-7-4-3-5-8-12/h12H,2-11,14H2,1H3,(H,15,17). The van der Waals surface area contributed by atoms with Crippen molar-refractivity contribution in [2.24, 2.45) is 5.73 Å². The van der Waals surface area contributed by atoms with Gasteiger partial charge in [0.1, 0.15) is 0 Å². The average molecular weight is 241 g/mol. The number of nitrogens with one attached hydrogen (secondary N) is 1. The number of carbonyl (C=O) groups excluding carboxylic acids is 1. The first kappa shape index (κ1) is 14.5. The Morgan fingerprint density at radius 3 is 2.65 bits per heavy atom. The second kappa shape index (κ2) is 8.48. The fourth-order valence-corrected chi connectivity index (χ4v) is 2.39. The molecule has 4 nitrogen and oxygen atoms in total. The molecule has 0 aromatic carbocycles. The summed E-state index contributed by atoms with van der Waals surface area (Å²) in [5.41, 5.74) is 5.48. The molecule has 100 valence electrons. The topological polar surface area (TPSA) is 58.4 Å². The number of amides is 1. The maximum absolute atomic E-state index is 11.9. The van der Waals surface area contributed by atoms with Crippen LogP contribution in [0.2, 0.25) is 0 Å². The SMILES string of the molecule is CCN(CCCN)CC(=O)NC1CCCCC1. The van der Waals surface area contributed by atoms with Gasteiger partial charge < -0.3 is 11.1 Å². The van der Waals surface area contributed by atoms with Crippen LogP contribution < -0.4 is 11.1 Å². The summed E-state index contributed by atoms with van der Waals surface area (Å²) in [7, 11) is 0. The summed E-state index contributed by atoms with van der Waals surface area (Å²) in [6.45, 7) is 5.14. The predicted octanol–water partition coefficient (Wildman–Crippen LogP) is 1.11. The molecule has 1 rings (SSSR count). The van der Waals surface area contributed by atoms with E-state index >= 15 is 0 Å². The zero-order valence-electron chi connectivity index (χ0n) is 11.1. The van der Waals surface area contributed by atoms with Crippen LogP contribution in [0.4, 0.5) is 0 Å². The Hall–Kier alpha value is -0.610. The van der Waals surface area contributed by atoms with E-state index in [1.165, 1.54) is 19.3 Å². The molecule has 0 aromatic heterocycles. The van der Waals surface area contributed by atoms with Crippen LogP contribution >= 0.6 is 0 Å². The average Bonchev–Trinajstić information content (AvgIpc) is 2.35. The molecule has 0 heterocycles. The largest absolute Gasteiger partial charge is 0.352 e. The number of carbonyl (C=O) groups is 1. The highest BCUT2D eigenvalue weighted by Crippen LogP contribution is 2.17. The number of rotatable bonds is 7.